The first-order valence-corrected chi connectivity index (χ1v) is 4.25. The molecule has 0 radical (unpaired) electrons. The summed E-state index contributed by atoms with van der Waals surface area (Å²) in [5.41, 5.74) is 2.37. The Bertz CT molecular complexity index is 197. The monoisotopic (exact) mass is 168 g/mol. The highest BCUT2D eigenvalue weighted by atomic mass is 32.1. The summed E-state index contributed by atoms with van der Waals surface area (Å²) in [6, 6.07) is 0. The second-order valence-corrected chi connectivity index (χ2v) is 3.18. The number of allylic oxidation sites excluding steroid dienone is 4. The summed E-state index contributed by atoms with van der Waals surface area (Å²) < 4.78 is 0. The van der Waals surface area contributed by atoms with Gasteiger partial charge in [-0.15, -0.1) is 12.6 Å². The molecule has 0 unspecified atom stereocenters. The van der Waals surface area contributed by atoms with Crippen LogP contribution in [0, 0.1) is 0 Å². The molecule has 0 aliphatic heterocycles. The topological polar surface area (TPSA) is 0 Å². The van der Waals surface area contributed by atoms with Crippen molar-refractivity contribution in [2.45, 2.75) is 27.2 Å². The van der Waals surface area contributed by atoms with Crippen molar-refractivity contribution < 1.29 is 0 Å². The number of hydrogen-bond donors (Lipinski definition) is 1. The molecule has 0 aromatic rings. The van der Waals surface area contributed by atoms with Crippen molar-refractivity contribution in [3.05, 3.63) is 34.8 Å². The van der Waals surface area contributed by atoms with E-state index >= 15 is 0 Å². The Labute approximate surface area is 75.1 Å². The van der Waals surface area contributed by atoms with E-state index < -0.39 is 0 Å². The lowest BCUT2D eigenvalue weighted by Gasteiger charge is -1.95. The molecule has 0 fully saturated rings. The Kier molecular flexibility index (Phi) is 5.05. The van der Waals surface area contributed by atoms with Crippen molar-refractivity contribution in [2.24, 2.45) is 0 Å². The zero-order valence-electron chi connectivity index (χ0n) is 7.52. The van der Waals surface area contributed by atoms with Crippen LogP contribution in [0.2, 0.25) is 0 Å². The van der Waals surface area contributed by atoms with Crippen LogP contribution in [0.4, 0.5) is 0 Å². The van der Waals surface area contributed by atoms with Gasteiger partial charge in [0.15, 0.2) is 0 Å². The fourth-order valence-corrected chi connectivity index (χ4v) is 0.556. The Hall–Kier alpha value is -0.430. The summed E-state index contributed by atoms with van der Waals surface area (Å²) >= 11 is 4.26. The molecule has 0 saturated heterocycles. The number of rotatable bonds is 3. The van der Waals surface area contributed by atoms with Gasteiger partial charge in [-0.2, -0.15) is 0 Å². The fraction of sp³-hybridized carbons (Fsp3) is 0.400. The lowest BCUT2D eigenvalue weighted by atomic mass is 10.2. The molecule has 11 heavy (non-hydrogen) atoms. The lowest BCUT2D eigenvalue weighted by molar-refractivity contribution is 1.10. The standard InChI is InChI=1S/C10H16S/c1-5-9(4)6-7-10(11)8(2)3/h6-7,11H,2,5H2,1,3-4H3/b9-6+,10-7-. The minimum absolute atomic E-state index is 0.956. The third-order valence-electron chi connectivity index (χ3n) is 1.52. The molecule has 0 aromatic carbocycles. The molecule has 62 valence electrons. The summed E-state index contributed by atoms with van der Waals surface area (Å²) in [6.07, 6.45) is 5.16. The van der Waals surface area contributed by atoms with Crippen LogP contribution in [0.1, 0.15) is 27.2 Å². The molecular formula is C10H16S. The van der Waals surface area contributed by atoms with Gasteiger partial charge in [-0.25, -0.2) is 0 Å². The number of hydrogen-bond acceptors (Lipinski definition) is 1. The Morgan fingerprint density at radius 2 is 1.91 bits per heavy atom. The molecule has 0 rings (SSSR count). The summed E-state index contributed by atoms with van der Waals surface area (Å²) in [4.78, 5) is 0.956. The van der Waals surface area contributed by atoms with Crippen LogP contribution < -0.4 is 0 Å². The molecule has 0 aromatic heterocycles. The zero-order valence-corrected chi connectivity index (χ0v) is 8.41. The molecule has 0 aliphatic carbocycles. The van der Waals surface area contributed by atoms with Crippen molar-refractivity contribution in [1.29, 1.82) is 0 Å². The second kappa shape index (κ2) is 5.25. The first-order chi connectivity index (χ1) is 5.07. The summed E-state index contributed by atoms with van der Waals surface area (Å²) in [5, 5.41) is 0. The van der Waals surface area contributed by atoms with Gasteiger partial charge in [-0.05, 0) is 31.9 Å². The zero-order chi connectivity index (χ0) is 8.85. The molecule has 0 amide bonds. The van der Waals surface area contributed by atoms with Crippen molar-refractivity contribution in [1.82, 2.24) is 0 Å². The Balaban J connectivity index is 4.22. The summed E-state index contributed by atoms with van der Waals surface area (Å²) in [5.74, 6) is 0. The maximum atomic E-state index is 4.26. The SMILES string of the molecule is C=C(C)/C(S)=C/C=C(\C)CC. The van der Waals surface area contributed by atoms with Gasteiger partial charge < -0.3 is 0 Å². The lowest BCUT2D eigenvalue weighted by Crippen LogP contribution is -1.73. The van der Waals surface area contributed by atoms with Crippen LogP contribution in [-0.4, -0.2) is 0 Å². The molecular weight excluding hydrogens is 152 g/mol. The van der Waals surface area contributed by atoms with Crippen LogP contribution in [-0.2, 0) is 0 Å². The van der Waals surface area contributed by atoms with E-state index in [0.29, 0.717) is 0 Å². The Morgan fingerprint density at radius 3 is 2.27 bits per heavy atom. The van der Waals surface area contributed by atoms with Gasteiger partial charge >= 0.3 is 0 Å². The van der Waals surface area contributed by atoms with Gasteiger partial charge in [-0.1, -0.05) is 25.2 Å². The van der Waals surface area contributed by atoms with E-state index in [4.69, 9.17) is 0 Å². The maximum absolute atomic E-state index is 4.26. The second-order valence-electron chi connectivity index (χ2n) is 2.70. The van der Waals surface area contributed by atoms with Crippen LogP contribution in [0.3, 0.4) is 0 Å². The van der Waals surface area contributed by atoms with Crippen LogP contribution in [0.5, 0.6) is 0 Å². The molecule has 1 heteroatoms. The highest BCUT2D eigenvalue weighted by Gasteiger charge is 1.87. The largest absolute Gasteiger partial charge is 0.143 e. The minimum Gasteiger partial charge on any atom is -0.143 e. The average Bonchev–Trinajstić information content (AvgIpc) is 1.99. The molecule has 0 spiro atoms. The van der Waals surface area contributed by atoms with Gasteiger partial charge in [0.25, 0.3) is 0 Å². The minimum atomic E-state index is 0.956. The average molecular weight is 168 g/mol. The Morgan fingerprint density at radius 1 is 1.36 bits per heavy atom. The molecule has 0 nitrogen and oxygen atoms in total. The van der Waals surface area contributed by atoms with E-state index in [0.717, 1.165) is 16.9 Å². The fourth-order valence-electron chi connectivity index (χ4n) is 0.481. The molecule has 0 saturated carbocycles. The van der Waals surface area contributed by atoms with E-state index in [2.05, 4.69) is 39.1 Å². The first-order valence-electron chi connectivity index (χ1n) is 3.80. The predicted octanol–water partition coefficient (Wildman–Crippen LogP) is 3.73. The van der Waals surface area contributed by atoms with Crippen LogP contribution in [0.25, 0.3) is 0 Å². The molecule has 0 heterocycles. The van der Waals surface area contributed by atoms with Crippen molar-refractivity contribution in [3.63, 3.8) is 0 Å². The van der Waals surface area contributed by atoms with Crippen molar-refractivity contribution in [3.8, 4) is 0 Å². The number of thiol groups is 1. The third kappa shape index (κ3) is 4.91. The van der Waals surface area contributed by atoms with E-state index in [1.54, 1.807) is 0 Å². The normalized spacial score (nSPS) is 13.5. The van der Waals surface area contributed by atoms with Gasteiger partial charge in [0.2, 0.25) is 0 Å². The van der Waals surface area contributed by atoms with Crippen LogP contribution in [0.15, 0.2) is 34.8 Å². The van der Waals surface area contributed by atoms with Crippen LogP contribution >= 0.6 is 12.6 Å². The van der Waals surface area contributed by atoms with Gasteiger partial charge in [0, 0.05) is 4.91 Å². The van der Waals surface area contributed by atoms with E-state index in [9.17, 15) is 0 Å². The highest BCUT2D eigenvalue weighted by Crippen LogP contribution is 2.11. The van der Waals surface area contributed by atoms with Gasteiger partial charge in [-0.3, -0.25) is 0 Å². The summed E-state index contributed by atoms with van der Waals surface area (Å²) in [6.45, 7) is 9.98. The first kappa shape index (κ1) is 10.6. The van der Waals surface area contributed by atoms with E-state index in [1.807, 2.05) is 13.0 Å². The van der Waals surface area contributed by atoms with Gasteiger partial charge in [0.05, 0.1) is 0 Å². The maximum Gasteiger partial charge on any atom is 0.00633 e. The predicted molar refractivity (Wildman–Crippen MR) is 55.9 cm³/mol. The quantitative estimate of drug-likeness (QED) is 0.482. The van der Waals surface area contributed by atoms with Gasteiger partial charge in [0.1, 0.15) is 0 Å². The third-order valence-corrected chi connectivity index (χ3v) is 2.05. The molecule has 0 bridgehead atoms. The van der Waals surface area contributed by atoms with Crippen molar-refractivity contribution in [2.75, 3.05) is 0 Å². The highest BCUT2D eigenvalue weighted by molar-refractivity contribution is 7.84. The van der Waals surface area contributed by atoms with E-state index in [-0.39, 0.29) is 0 Å². The smallest absolute Gasteiger partial charge is 0.00633 e. The molecule has 0 N–H and O–H groups in total. The summed E-state index contributed by atoms with van der Waals surface area (Å²) in [7, 11) is 0. The molecule has 0 atom stereocenters. The molecule has 0 aliphatic rings. The van der Waals surface area contributed by atoms with Crippen molar-refractivity contribution >= 4 is 12.6 Å². The van der Waals surface area contributed by atoms with E-state index in [1.165, 1.54) is 5.57 Å².